The number of fused-ring (bicyclic) bond motifs is 2. The van der Waals surface area contributed by atoms with Crippen LogP contribution in [-0.4, -0.2) is 18.7 Å². The van der Waals surface area contributed by atoms with E-state index in [4.69, 9.17) is 9.47 Å². The van der Waals surface area contributed by atoms with E-state index in [1.54, 1.807) is 7.05 Å². The highest BCUT2D eigenvalue weighted by atomic mass is 16.5. The first-order valence-electron chi connectivity index (χ1n) is 12.1. The SMILES string of the molecule is CC.CCCC(C)(C)OC(=NC)NNC1(c2ccccc2)c2ccccc2Oc2ccccc21. The summed E-state index contributed by atoms with van der Waals surface area (Å²) in [5.74, 6) is 1.62. The molecule has 0 fully saturated rings. The van der Waals surface area contributed by atoms with Crippen LogP contribution in [0.5, 0.6) is 11.5 Å². The second-order valence-electron chi connectivity index (χ2n) is 8.60. The summed E-state index contributed by atoms with van der Waals surface area (Å²) < 4.78 is 12.5. The zero-order valence-electron chi connectivity index (χ0n) is 21.2. The van der Waals surface area contributed by atoms with E-state index >= 15 is 0 Å². The van der Waals surface area contributed by atoms with Crippen molar-refractivity contribution in [2.45, 2.75) is 58.6 Å². The average Bonchev–Trinajstić information content (AvgIpc) is 2.87. The van der Waals surface area contributed by atoms with E-state index in [9.17, 15) is 0 Å². The van der Waals surface area contributed by atoms with Crippen LogP contribution in [-0.2, 0) is 10.3 Å². The second-order valence-corrected chi connectivity index (χ2v) is 8.60. The summed E-state index contributed by atoms with van der Waals surface area (Å²) in [7, 11) is 1.73. The van der Waals surface area contributed by atoms with Gasteiger partial charge in [-0.15, -0.1) is 0 Å². The fraction of sp³-hybridized carbons (Fsp3) is 0.345. The van der Waals surface area contributed by atoms with Crippen LogP contribution in [0.1, 0.15) is 64.2 Å². The smallest absolute Gasteiger partial charge is 0.299 e. The van der Waals surface area contributed by atoms with Gasteiger partial charge in [0.2, 0.25) is 0 Å². The van der Waals surface area contributed by atoms with Crippen molar-refractivity contribution in [2.24, 2.45) is 4.99 Å². The lowest BCUT2D eigenvalue weighted by Crippen LogP contribution is -2.55. The summed E-state index contributed by atoms with van der Waals surface area (Å²) in [6.45, 7) is 10.3. The molecule has 180 valence electrons. The molecule has 0 radical (unpaired) electrons. The van der Waals surface area contributed by atoms with Crippen molar-refractivity contribution in [1.29, 1.82) is 0 Å². The van der Waals surface area contributed by atoms with Crippen LogP contribution >= 0.6 is 0 Å². The topological polar surface area (TPSA) is 54.9 Å². The van der Waals surface area contributed by atoms with Crippen molar-refractivity contribution >= 4 is 6.02 Å². The molecule has 2 N–H and O–H groups in total. The molecule has 0 bridgehead atoms. The van der Waals surface area contributed by atoms with Gasteiger partial charge < -0.3 is 9.47 Å². The van der Waals surface area contributed by atoms with E-state index in [1.165, 1.54) is 0 Å². The fourth-order valence-corrected chi connectivity index (χ4v) is 4.39. The molecule has 1 aliphatic heterocycles. The molecule has 1 heterocycles. The van der Waals surface area contributed by atoms with E-state index < -0.39 is 5.54 Å². The molecule has 1 aliphatic rings. The van der Waals surface area contributed by atoms with E-state index in [0.29, 0.717) is 6.02 Å². The number of ether oxygens (including phenoxy) is 2. The van der Waals surface area contributed by atoms with Gasteiger partial charge in [-0.25, -0.2) is 10.4 Å². The summed E-state index contributed by atoms with van der Waals surface area (Å²) in [4.78, 5) is 4.37. The molecule has 0 saturated heterocycles. The highest BCUT2D eigenvalue weighted by molar-refractivity contribution is 5.74. The Morgan fingerprint density at radius 1 is 0.882 bits per heavy atom. The quantitative estimate of drug-likeness (QED) is 0.242. The van der Waals surface area contributed by atoms with Crippen LogP contribution in [0.15, 0.2) is 83.9 Å². The van der Waals surface area contributed by atoms with Crippen LogP contribution in [0, 0.1) is 0 Å². The molecular weight excluding hydrogens is 422 g/mol. The predicted molar refractivity (Wildman–Crippen MR) is 140 cm³/mol. The lowest BCUT2D eigenvalue weighted by Gasteiger charge is -2.41. The van der Waals surface area contributed by atoms with E-state index in [-0.39, 0.29) is 5.60 Å². The first-order chi connectivity index (χ1) is 16.5. The molecule has 0 spiro atoms. The van der Waals surface area contributed by atoms with Gasteiger partial charge in [0.15, 0.2) is 0 Å². The normalized spacial score (nSPS) is 14.0. The number of benzene rings is 3. The zero-order chi connectivity index (χ0) is 24.6. The standard InChI is InChI=1S/C27H31N3O2.C2H6/c1-5-19-26(2,3)32-25(28-4)29-30-27(20-13-7-6-8-14-20)21-15-9-11-17-23(21)31-24-18-12-10-16-22(24)27;1-2/h6-18,30H,5,19H2,1-4H3,(H,28,29);1-2H3. The molecule has 0 saturated carbocycles. The van der Waals surface area contributed by atoms with Crippen molar-refractivity contribution in [3.63, 3.8) is 0 Å². The Morgan fingerprint density at radius 3 is 1.94 bits per heavy atom. The van der Waals surface area contributed by atoms with Crippen LogP contribution in [0.3, 0.4) is 0 Å². The highest BCUT2D eigenvalue weighted by Crippen LogP contribution is 2.49. The fourth-order valence-electron chi connectivity index (χ4n) is 4.39. The molecule has 0 aliphatic carbocycles. The monoisotopic (exact) mass is 459 g/mol. The average molecular weight is 460 g/mol. The summed E-state index contributed by atoms with van der Waals surface area (Å²) >= 11 is 0. The van der Waals surface area contributed by atoms with E-state index in [0.717, 1.165) is 41.0 Å². The third-order valence-electron chi connectivity index (χ3n) is 5.79. The number of hydrogen-bond donors (Lipinski definition) is 2. The zero-order valence-corrected chi connectivity index (χ0v) is 21.2. The Hall–Kier alpha value is -3.31. The lowest BCUT2D eigenvalue weighted by atomic mass is 9.75. The minimum atomic E-state index is -0.707. The molecule has 0 atom stereocenters. The number of nitrogens with one attached hydrogen (secondary N) is 2. The van der Waals surface area contributed by atoms with Gasteiger partial charge in [-0.2, -0.15) is 0 Å². The van der Waals surface area contributed by atoms with Crippen LogP contribution in [0.25, 0.3) is 0 Å². The molecule has 5 nitrogen and oxygen atoms in total. The maximum absolute atomic E-state index is 6.27. The molecule has 3 aromatic carbocycles. The van der Waals surface area contributed by atoms with Crippen LogP contribution in [0.2, 0.25) is 0 Å². The number of nitrogens with zero attached hydrogens (tertiary/aromatic N) is 1. The summed E-state index contributed by atoms with van der Waals surface area (Å²) in [6.07, 6.45) is 1.96. The number of rotatable bonds is 6. The van der Waals surface area contributed by atoms with Gasteiger partial charge in [0.25, 0.3) is 6.02 Å². The Labute approximate surface area is 204 Å². The number of aliphatic imine (C=N–C) groups is 1. The van der Waals surface area contributed by atoms with Crippen molar-refractivity contribution in [1.82, 2.24) is 10.9 Å². The van der Waals surface area contributed by atoms with Gasteiger partial charge in [-0.05, 0) is 38.0 Å². The van der Waals surface area contributed by atoms with Gasteiger partial charge in [0.05, 0.1) is 0 Å². The third kappa shape index (κ3) is 5.10. The predicted octanol–water partition coefficient (Wildman–Crippen LogP) is 6.79. The highest BCUT2D eigenvalue weighted by Gasteiger charge is 2.44. The van der Waals surface area contributed by atoms with Gasteiger partial charge in [-0.1, -0.05) is 93.9 Å². The summed E-state index contributed by atoms with van der Waals surface area (Å²) in [5, 5.41) is 0. The minimum Gasteiger partial charge on any atom is -0.458 e. The largest absolute Gasteiger partial charge is 0.458 e. The lowest BCUT2D eigenvalue weighted by molar-refractivity contribution is 0.0749. The molecular formula is C29H37N3O2. The van der Waals surface area contributed by atoms with Crippen molar-refractivity contribution in [2.75, 3.05) is 7.05 Å². The Morgan fingerprint density at radius 2 is 1.41 bits per heavy atom. The van der Waals surface area contributed by atoms with E-state index in [2.05, 4.69) is 73.0 Å². The molecule has 0 unspecified atom stereocenters. The van der Waals surface area contributed by atoms with Gasteiger partial charge in [-0.3, -0.25) is 5.43 Å². The Balaban J connectivity index is 0.00000158. The number of hydrogen-bond acceptors (Lipinski definition) is 4. The molecule has 4 rings (SSSR count). The van der Waals surface area contributed by atoms with Crippen LogP contribution < -0.4 is 15.6 Å². The van der Waals surface area contributed by atoms with Crippen molar-refractivity contribution in [3.05, 3.63) is 95.6 Å². The van der Waals surface area contributed by atoms with Gasteiger partial charge in [0, 0.05) is 18.2 Å². The first kappa shape index (κ1) is 25.3. The molecule has 5 heteroatoms. The summed E-state index contributed by atoms with van der Waals surface area (Å²) in [5.41, 5.74) is 8.96. The van der Waals surface area contributed by atoms with Gasteiger partial charge >= 0.3 is 0 Å². The maximum atomic E-state index is 6.27. The van der Waals surface area contributed by atoms with Crippen LogP contribution in [0.4, 0.5) is 0 Å². The molecule has 34 heavy (non-hydrogen) atoms. The Kier molecular flexibility index (Phi) is 8.35. The third-order valence-corrected chi connectivity index (χ3v) is 5.79. The first-order valence-corrected chi connectivity index (χ1v) is 12.1. The van der Waals surface area contributed by atoms with E-state index in [1.807, 2.05) is 56.3 Å². The molecule has 0 amide bonds. The Bertz CT molecular complexity index is 1050. The minimum absolute atomic E-state index is 0.330. The van der Waals surface area contributed by atoms with Gasteiger partial charge in [0.1, 0.15) is 22.6 Å². The number of amidine groups is 1. The molecule has 3 aromatic rings. The second kappa shape index (κ2) is 11.2. The van der Waals surface area contributed by atoms with Crippen molar-refractivity contribution in [3.8, 4) is 11.5 Å². The van der Waals surface area contributed by atoms with Crippen molar-refractivity contribution < 1.29 is 9.47 Å². The number of para-hydroxylation sites is 2. The summed E-state index contributed by atoms with van der Waals surface area (Å²) in [6, 6.07) is 27.1. The molecule has 0 aromatic heterocycles. The number of hydrazine groups is 1. The maximum Gasteiger partial charge on any atom is 0.299 e.